The molecule has 18 heavy (non-hydrogen) atoms. The minimum atomic E-state index is -3.56. The molecule has 1 aliphatic rings. The van der Waals surface area contributed by atoms with Gasteiger partial charge < -0.3 is 5.32 Å². The first kappa shape index (κ1) is 12.6. The van der Waals surface area contributed by atoms with Crippen LogP contribution in [0.1, 0.15) is 13.3 Å². The predicted molar refractivity (Wildman–Crippen MR) is 66.6 cm³/mol. The molecule has 1 N–H and O–H groups in total. The van der Waals surface area contributed by atoms with Crippen LogP contribution in [0.5, 0.6) is 0 Å². The fourth-order valence-corrected chi connectivity index (χ4v) is 3.23. The molecular formula is C11H12N2O4S. The van der Waals surface area contributed by atoms with Gasteiger partial charge in [0, 0.05) is 19.0 Å². The third kappa shape index (κ3) is 2.35. The fourth-order valence-electron chi connectivity index (χ4n) is 1.78. The highest BCUT2D eigenvalue weighted by Gasteiger charge is 2.36. The number of sulfonamides is 1. The van der Waals surface area contributed by atoms with Crippen LogP contribution in [0, 0.1) is 0 Å². The van der Waals surface area contributed by atoms with Crippen molar-refractivity contribution in [3.05, 3.63) is 24.3 Å². The Kier molecular flexibility index (Phi) is 3.08. The van der Waals surface area contributed by atoms with Crippen molar-refractivity contribution in [1.82, 2.24) is 0 Å². The Morgan fingerprint density at radius 2 is 2.11 bits per heavy atom. The number of hydrogen-bond donors (Lipinski definition) is 1. The second kappa shape index (κ2) is 4.41. The number of amides is 2. The van der Waals surface area contributed by atoms with E-state index in [0.29, 0.717) is 5.69 Å². The van der Waals surface area contributed by atoms with E-state index in [1.165, 1.54) is 19.1 Å². The average molecular weight is 268 g/mol. The molecule has 1 heterocycles. The number of carbonyl (C=O) groups excluding carboxylic acids is 2. The lowest BCUT2D eigenvalue weighted by atomic mass is 10.2. The van der Waals surface area contributed by atoms with Crippen molar-refractivity contribution in [1.29, 1.82) is 0 Å². The molecule has 2 rings (SSSR count). The lowest BCUT2D eigenvalue weighted by Crippen LogP contribution is -2.29. The van der Waals surface area contributed by atoms with Gasteiger partial charge in [0.15, 0.2) is 0 Å². The van der Waals surface area contributed by atoms with Gasteiger partial charge in [0.25, 0.3) is 0 Å². The summed E-state index contributed by atoms with van der Waals surface area (Å²) in [5, 5.41) is 2.54. The second-order valence-electron chi connectivity index (χ2n) is 3.96. The van der Waals surface area contributed by atoms with Crippen LogP contribution in [0.2, 0.25) is 0 Å². The Morgan fingerprint density at radius 1 is 1.39 bits per heavy atom. The van der Waals surface area contributed by atoms with Crippen LogP contribution in [-0.2, 0) is 19.6 Å². The van der Waals surface area contributed by atoms with E-state index in [-0.39, 0.29) is 23.8 Å². The molecule has 0 unspecified atom stereocenters. The van der Waals surface area contributed by atoms with Crippen LogP contribution in [0.15, 0.2) is 24.3 Å². The zero-order valence-electron chi connectivity index (χ0n) is 9.71. The smallest absolute Gasteiger partial charge is 0.242 e. The molecule has 1 saturated heterocycles. The zero-order chi connectivity index (χ0) is 13.3. The van der Waals surface area contributed by atoms with Crippen LogP contribution in [-0.4, -0.2) is 26.0 Å². The topological polar surface area (TPSA) is 83.6 Å². The highest BCUT2D eigenvalue weighted by atomic mass is 32.2. The van der Waals surface area contributed by atoms with Crippen molar-refractivity contribution >= 4 is 33.2 Å². The summed E-state index contributed by atoms with van der Waals surface area (Å²) >= 11 is 0. The SMILES string of the molecule is CC(=O)Nc1cccc(N2C(=O)CCS2(=O)=O)c1. The number of hydrogen-bond acceptors (Lipinski definition) is 4. The number of nitrogens with one attached hydrogen (secondary N) is 1. The lowest BCUT2D eigenvalue weighted by Gasteiger charge is -2.15. The molecule has 0 aliphatic carbocycles. The van der Waals surface area contributed by atoms with Crippen molar-refractivity contribution in [2.75, 3.05) is 15.4 Å². The molecule has 96 valence electrons. The standard InChI is InChI=1S/C11H12N2O4S/c1-8(14)12-9-3-2-4-10(7-9)13-11(15)5-6-18(13,16)17/h2-4,7H,5-6H2,1H3,(H,12,14). The Labute approximate surface area is 105 Å². The summed E-state index contributed by atoms with van der Waals surface area (Å²) in [6.07, 6.45) is -0.00724. The van der Waals surface area contributed by atoms with Gasteiger partial charge in [-0.15, -0.1) is 0 Å². The van der Waals surface area contributed by atoms with Gasteiger partial charge in [-0.2, -0.15) is 0 Å². The molecule has 0 aromatic heterocycles. The minimum absolute atomic E-state index is 0.00724. The van der Waals surface area contributed by atoms with E-state index in [9.17, 15) is 18.0 Å². The van der Waals surface area contributed by atoms with Gasteiger partial charge in [-0.3, -0.25) is 9.59 Å². The molecule has 1 fully saturated rings. The van der Waals surface area contributed by atoms with E-state index in [4.69, 9.17) is 0 Å². The number of carbonyl (C=O) groups is 2. The minimum Gasteiger partial charge on any atom is -0.326 e. The van der Waals surface area contributed by atoms with E-state index in [0.717, 1.165) is 4.31 Å². The van der Waals surface area contributed by atoms with E-state index < -0.39 is 15.9 Å². The van der Waals surface area contributed by atoms with Crippen LogP contribution in [0.3, 0.4) is 0 Å². The summed E-state index contributed by atoms with van der Waals surface area (Å²) in [5.74, 6) is -0.881. The van der Waals surface area contributed by atoms with Gasteiger partial charge in [0.05, 0.1) is 11.4 Å². The first-order valence-electron chi connectivity index (χ1n) is 5.33. The Bertz CT molecular complexity index is 609. The average Bonchev–Trinajstić information content (AvgIpc) is 2.52. The Balaban J connectivity index is 2.39. The Morgan fingerprint density at radius 3 is 2.67 bits per heavy atom. The van der Waals surface area contributed by atoms with Gasteiger partial charge in [-0.1, -0.05) is 6.07 Å². The number of benzene rings is 1. The molecular weight excluding hydrogens is 256 g/mol. The molecule has 0 saturated carbocycles. The second-order valence-corrected chi connectivity index (χ2v) is 5.89. The Hall–Kier alpha value is -1.89. The maximum absolute atomic E-state index is 11.7. The van der Waals surface area contributed by atoms with E-state index >= 15 is 0 Å². The predicted octanol–water partition coefficient (Wildman–Crippen LogP) is 0.711. The fraction of sp³-hybridized carbons (Fsp3) is 0.273. The molecule has 1 aliphatic heterocycles. The molecule has 0 atom stereocenters. The van der Waals surface area contributed by atoms with Crippen molar-refractivity contribution in [3.63, 3.8) is 0 Å². The van der Waals surface area contributed by atoms with Crippen LogP contribution >= 0.6 is 0 Å². The largest absolute Gasteiger partial charge is 0.326 e. The van der Waals surface area contributed by atoms with E-state index in [2.05, 4.69) is 5.32 Å². The zero-order valence-corrected chi connectivity index (χ0v) is 10.5. The first-order valence-corrected chi connectivity index (χ1v) is 6.94. The molecule has 1 aromatic carbocycles. The summed E-state index contributed by atoms with van der Waals surface area (Å²) < 4.78 is 24.2. The van der Waals surface area contributed by atoms with Gasteiger partial charge in [0.1, 0.15) is 0 Å². The highest BCUT2D eigenvalue weighted by Crippen LogP contribution is 2.27. The van der Waals surface area contributed by atoms with Gasteiger partial charge in [-0.05, 0) is 18.2 Å². The summed E-state index contributed by atoms with van der Waals surface area (Å²) in [4.78, 5) is 22.5. The summed E-state index contributed by atoms with van der Waals surface area (Å²) in [7, 11) is -3.56. The first-order chi connectivity index (χ1) is 8.40. The van der Waals surface area contributed by atoms with Crippen molar-refractivity contribution in [2.45, 2.75) is 13.3 Å². The van der Waals surface area contributed by atoms with Gasteiger partial charge >= 0.3 is 0 Å². The normalized spacial score (nSPS) is 17.8. The van der Waals surface area contributed by atoms with Crippen LogP contribution in [0.25, 0.3) is 0 Å². The summed E-state index contributed by atoms with van der Waals surface area (Å²) in [5.41, 5.74) is 0.707. The third-order valence-electron chi connectivity index (χ3n) is 2.48. The molecule has 6 nitrogen and oxygen atoms in total. The van der Waals surface area contributed by atoms with Crippen LogP contribution < -0.4 is 9.62 Å². The monoisotopic (exact) mass is 268 g/mol. The molecule has 0 radical (unpaired) electrons. The van der Waals surface area contributed by atoms with Crippen molar-refractivity contribution in [2.24, 2.45) is 0 Å². The van der Waals surface area contributed by atoms with Gasteiger partial charge in [-0.25, -0.2) is 12.7 Å². The maximum atomic E-state index is 11.7. The molecule has 0 spiro atoms. The highest BCUT2D eigenvalue weighted by molar-refractivity contribution is 7.94. The van der Waals surface area contributed by atoms with E-state index in [1.807, 2.05) is 0 Å². The molecule has 2 amide bonds. The maximum Gasteiger partial charge on any atom is 0.242 e. The molecule has 1 aromatic rings. The molecule has 7 heteroatoms. The summed E-state index contributed by atoms with van der Waals surface area (Å²) in [6, 6.07) is 6.19. The number of nitrogens with zero attached hydrogens (tertiary/aromatic N) is 1. The third-order valence-corrected chi connectivity index (χ3v) is 4.17. The number of rotatable bonds is 2. The van der Waals surface area contributed by atoms with E-state index in [1.54, 1.807) is 12.1 Å². The van der Waals surface area contributed by atoms with Crippen molar-refractivity contribution in [3.8, 4) is 0 Å². The molecule has 0 bridgehead atoms. The van der Waals surface area contributed by atoms with Crippen molar-refractivity contribution < 1.29 is 18.0 Å². The number of anilines is 2. The van der Waals surface area contributed by atoms with Crippen LogP contribution in [0.4, 0.5) is 11.4 Å². The lowest BCUT2D eigenvalue weighted by molar-refractivity contribution is -0.116. The quantitative estimate of drug-likeness (QED) is 0.856. The van der Waals surface area contributed by atoms with Gasteiger partial charge in [0.2, 0.25) is 21.8 Å². The summed E-state index contributed by atoms with van der Waals surface area (Å²) in [6.45, 7) is 1.35.